The first-order valence-electron chi connectivity index (χ1n) is 9.64. The molecule has 1 aromatic heterocycles. The molecule has 1 aliphatic rings. The van der Waals surface area contributed by atoms with Crippen molar-refractivity contribution in [2.24, 2.45) is 5.92 Å². The van der Waals surface area contributed by atoms with Crippen LogP contribution < -0.4 is 5.32 Å². The van der Waals surface area contributed by atoms with Gasteiger partial charge in [-0.25, -0.2) is 0 Å². The molecular formula is C22H28N2O2S. The minimum Gasteiger partial charge on any atom is -0.381 e. The molecule has 0 radical (unpaired) electrons. The number of benzene rings is 1. The minimum atomic E-state index is -0.00845. The predicted octanol–water partition coefficient (Wildman–Crippen LogP) is 4.41. The van der Waals surface area contributed by atoms with E-state index in [0.717, 1.165) is 37.2 Å². The zero-order valence-electron chi connectivity index (χ0n) is 16.1. The van der Waals surface area contributed by atoms with Gasteiger partial charge in [0.05, 0.1) is 12.5 Å². The summed E-state index contributed by atoms with van der Waals surface area (Å²) in [7, 11) is 0. The minimum absolute atomic E-state index is 0.00845. The number of rotatable bonds is 7. The van der Waals surface area contributed by atoms with Crippen molar-refractivity contribution in [3.05, 3.63) is 59.9 Å². The molecule has 1 aliphatic heterocycles. The molecule has 27 heavy (non-hydrogen) atoms. The number of ether oxygens (including phenoxy) is 1. The fourth-order valence-electron chi connectivity index (χ4n) is 3.45. The third-order valence-corrected chi connectivity index (χ3v) is 5.77. The Morgan fingerprint density at radius 1 is 1.22 bits per heavy atom. The summed E-state index contributed by atoms with van der Waals surface area (Å²) in [6.07, 6.45) is 5.94. The molecule has 3 rings (SSSR count). The largest absolute Gasteiger partial charge is 0.381 e. The number of amides is 1. The molecule has 144 valence electrons. The summed E-state index contributed by atoms with van der Waals surface area (Å²) in [4.78, 5) is 18.2. The van der Waals surface area contributed by atoms with E-state index < -0.39 is 0 Å². The molecule has 0 saturated carbocycles. The second-order valence-electron chi connectivity index (χ2n) is 7.27. The summed E-state index contributed by atoms with van der Waals surface area (Å²) in [6.45, 7) is 5.88. The van der Waals surface area contributed by atoms with Crippen LogP contribution in [0.25, 0.3) is 0 Å². The lowest BCUT2D eigenvalue weighted by atomic mass is 9.87. The van der Waals surface area contributed by atoms with Gasteiger partial charge in [0, 0.05) is 35.8 Å². The maximum Gasteiger partial charge on any atom is 0.224 e. The topological polar surface area (TPSA) is 51.2 Å². The van der Waals surface area contributed by atoms with Crippen LogP contribution in [0.5, 0.6) is 0 Å². The van der Waals surface area contributed by atoms with Gasteiger partial charge in [0.15, 0.2) is 0 Å². The summed E-state index contributed by atoms with van der Waals surface area (Å²) < 4.78 is 5.49. The highest BCUT2D eigenvalue weighted by molar-refractivity contribution is 7.99. The van der Waals surface area contributed by atoms with Crippen molar-refractivity contribution in [2.45, 2.75) is 49.3 Å². The molecular weight excluding hydrogens is 356 g/mol. The Morgan fingerprint density at radius 2 is 1.96 bits per heavy atom. The van der Waals surface area contributed by atoms with Crippen LogP contribution in [-0.4, -0.2) is 29.4 Å². The summed E-state index contributed by atoms with van der Waals surface area (Å²) in [5.41, 5.74) is 2.11. The van der Waals surface area contributed by atoms with Gasteiger partial charge in [0.1, 0.15) is 0 Å². The standard InChI is InChI=1S/C22H28N2O2S/c1-16(2)27-20-7-5-17(6-8-20)14-21(25)24-22(18-9-12-26-13-10-18)19-4-3-11-23-15-19/h3-8,11,15-16,18,22H,9-10,12-14H2,1-2H3,(H,24,25). The number of pyridine rings is 1. The summed E-state index contributed by atoms with van der Waals surface area (Å²) in [5, 5.41) is 3.81. The van der Waals surface area contributed by atoms with E-state index in [1.807, 2.05) is 30.1 Å². The number of nitrogens with one attached hydrogen (secondary N) is 1. The van der Waals surface area contributed by atoms with E-state index in [0.29, 0.717) is 17.6 Å². The first-order valence-corrected chi connectivity index (χ1v) is 10.5. The number of hydrogen-bond acceptors (Lipinski definition) is 4. The molecule has 0 aliphatic carbocycles. The average Bonchev–Trinajstić information content (AvgIpc) is 2.69. The molecule has 2 aromatic rings. The van der Waals surface area contributed by atoms with E-state index >= 15 is 0 Å². The van der Waals surface area contributed by atoms with E-state index in [1.54, 1.807) is 6.20 Å². The molecule has 1 unspecified atom stereocenters. The van der Waals surface area contributed by atoms with Gasteiger partial charge in [-0.2, -0.15) is 0 Å². The van der Waals surface area contributed by atoms with Crippen molar-refractivity contribution < 1.29 is 9.53 Å². The monoisotopic (exact) mass is 384 g/mol. The van der Waals surface area contributed by atoms with Gasteiger partial charge in [0.25, 0.3) is 0 Å². The molecule has 5 heteroatoms. The van der Waals surface area contributed by atoms with Crippen LogP contribution >= 0.6 is 11.8 Å². The zero-order valence-corrected chi connectivity index (χ0v) is 16.9. The molecule has 1 amide bonds. The van der Waals surface area contributed by atoms with Gasteiger partial charge in [0.2, 0.25) is 5.91 Å². The second kappa shape index (κ2) is 9.90. The van der Waals surface area contributed by atoms with E-state index in [9.17, 15) is 4.79 Å². The number of carbonyl (C=O) groups is 1. The Bertz CT molecular complexity index is 713. The van der Waals surface area contributed by atoms with Crippen LogP contribution in [0.4, 0.5) is 0 Å². The quantitative estimate of drug-likeness (QED) is 0.719. The predicted molar refractivity (Wildman–Crippen MR) is 110 cm³/mol. The first kappa shape index (κ1) is 19.9. The van der Waals surface area contributed by atoms with Crippen LogP contribution in [0.1, 0.15) is 43.9 Å². The van der Waals surface area contributed by atoms with Crippen molar-refractivity contribution in [3.63, 3.8) is 0 Å². The molecule has 1 fully saturated rings. The maximum absolute atomic E-state index is 12.7. The highest BCUT2D eigenvalue weighted by Gasteiger charge is 2.27. The van der Waals surface area contributed by atoms with Crippen molar-refractivity contribution >= 4 is 17.7 Å². The molecule has 1 saturated heterocycles. The molecule has 0 bridgehead atoms. The Balaban J connectivity index is 1.65. The van der Waals surface area contributed by atoms with Gasteiger partial charge < -0.3 is 10.1 Å². The zero-order chi connectivity index (χ0) is 19.1. The highest BCUT2D eigenvalue weighted by atomic mass is 32.2. The number of nitrogens with zero attached hydrogens (tertiary/aromatic N) is 1. The Kier molecular flexibility index (Phi) is 7.30. The summed E-state index contributed by atoms with van der Waals surface area (Å²) in [6, 6.07) is 12.3. The fraction of sp³-hybridized carbons (Fsp3) is 0.455. The molecule has 1 N–H and O–H groups in total. The first-order chi connectivity index (χ1) is 13.1. The molecule has 1 aromatic carbocycles. The average molecular weight is 385 g/mol. The third-order valence-electron chi connectivity index (χ3n) is 4.76. The van der Waals surface area contributed by atoms with Crippen LogP contribution in [0.3, 0.4) is 0 Å². The Labute approximate surface area is 166 Å². The van der Waals surface area contributed by atoms with Crippen molar-refractivity contribution in [2.75, 3.05) is 13.2 Å². The van der Waals surface area contributed by atoms with E-state index in [4.69, 9.17) is 4.74 Å². The van der Waals surface area contributed by atoms with Crippen molar-refractivity contribution in [3.8, 4) is 0 Å². The van der Waals surface area contributed by atoms with E-state index in [2.05, 4.69) is 48.4 Å². The fourth-order valence-corrected chi connectivity index (χ4v) is 4.29. The number of hydrogen-bond donors (Lipinski definition) is 1. The smallest absolute Gasteiger partial charge is 0.224 e. The number of aromatic nitrogens is 1. The third kappa shape index (κ3) is 6.08. The van der Waals surface area contributed by atoms with Crippen molar-refractivity contribution in [1.29, 1.82) is 0 Å². The highest BCUT2D eigenvalue weighted by Crippen LogP contribution is 2.30. The number of carbonyl (C=O) groups excluding carboxylic acids is 1. The summed E-state index contributed by atoms with van der Waals surface area (Å²) >= 11 is 1.83. The van der Waals surface area contributed by atoms with E-state index in [1.165, 1.54) is 4.90 Å². The lowest BCUT2D eigenvalue weighted by Gasteiger charge is -2.31. The SMILES string of the molecule is CC(C)Sc1ccc(CC(=O)NC(c2cccnc2)C2CCOCC2)cc1. The second-order valence-corrected chi connectivity index (χ2v) is 8.92. The lowest BCUT2D eigenvalue weighted by Crippen LogP contribution is -2.36. The van der Waals surface area contributed by atoms with Crippen LogP contribution in [0, 0.1) is 5.92 Å². The van der Waals surface area contributed by atoms with Crippen molar-refractivity contribution in [1.82, 2.24) is 10.3 Å². The summed E-state index contributed by atoms with van der Waals surface area (Å²) in [5.74, 6) is 0.441. The van der Waals surface area contributed by atoms with E-state index in [-0.39, 0.29) is 11.9 Å². The van der Waals surface area contributed by atoms with Crippen LogP contribution in [0.2, 0.25) is 0 Å². The van der Waals surface area contributed by atoms with Gasteiger partial charge in [-0.3, -0.25) is 9.78 Å². The van der Waals surface area contributed by atoms with Gasteiger partial charge in [-0.15, -0.1) is 11.8 Å². The van der Waals surface area contributed by atoms with Crippen LogP contribution in [-0.2, 0) is 16.0 Å². The van der Waals surface area contributed by atoms with Crippen LogP contribution in [0.15, 0.2) is 53.7 Å². The molecule has 0 spiro atoms. The van der Waals surface area contributed by atoms with Gasteiger partial charge in [-0.05, 0) is 48.1 Å². The van der Waals surface area contributed by atoms with Gasteiger partial charge >= 0.3 is 0 Å². The van der Waals surface area contributed by atoms with Gasteiger partial charge in [-0.1, -0.05) is 32.0 Å². The Morgan fingerprint density at radius 3 is 2.59 bits per heavy atom. The molecule has 4 nitrogen and oxygen atoms in total. The molecule has 2 heterocycles. The Hall–Kier alpha value is -1.85. The maximum atomic E-state index is 12.7. The number of thioether (sulfide) groups is 1. The normalized spacial score (nSPS) is 16.3. The lowest BCUT2D eigenvalue weighted by molar-refractivity contribution is -0.121. The molecule has 1 atom stereocenters.